The van der Waals surface area contributed by atoms with Crippen molar-refractivity contribution in [3.05, 3.63) is 48.6 Å². The second-order valence-electron chi connectivity index (χ2n) is 5.97. The van der Waals surface area contributed by atoms with Crippen LogP contribution in [0.3, 0.4) is 0 Å². The Balaban J connectivity index is 1.63. The standard InChI is InChI=1S/C17H20FN3O3S2/c1-2-8-21-16(13-7-11-26(22,23)12-13)19-20-17(21)25-10-9-24-15-6-4-3-5-14(15)18/h2-6,13H,1,7-12H2/t13-/m0/s1. The smallest absolute Gasteiger partial charge is 0.191 e. The van der Waals surface area contributed by atoms with Crippen LogP contribution >= 0.6 is 11.8 Å². The van der Waals surface area contributed by atoms with E-state index in [-0.39, 0.29) is 23.2 Å². The molecular formula is C17H20FN3O3S2. The molecule has 2 heterocycles. The van der Waals surface area contributed by atoms with Crippen LogP contribution in [0.15, 0.2) is 42.1 Å². The van der Waals surface area contributed by atoms with E-state index in [9.17, 15) is 12.8 Å². The third kappa shape index (κ3) is 4.45. The van der Waals surface area contributed by atoms with Crippen molar-refractivity contribution >= 4 is 21.6 Å². The van der Waals surface area contributed by atoms with Crippen molar-refractivity contribution in [3.63, 3.8) is 0 Å². The number of benzene rings is 1. The predicted molar refractivity (Wildman–Crippen MR) is 98.8 cm³/mol. The summed E-state index contributed by atoms with van der Waals surface area (Å²) >= 11 is 1.44. The Bertz CT molecular complexity index is 883. The van der Waals surface area contributed by atoms with Crippen LogP contribution in [-0.4, -0.2) is 47.0 Å². The molecule has 1 aliphatic heterocycles. The van der Waals surface area contributed by atoms with Crippen LogP contribution in [0.25, 0.3) is 0 Å². The Morgan fingerprint density at radius 1 is 1.38 bits per heavy atom. The fraction of sp³-hybridized carbons (Fsp3) is 0.412. The van der Waals surface area contributed by atoms with Gasteiger partial charge in [0.05, 0.1) is 18.1 Å². The second-order valence-corrected chi connectivity index (χ2v) is 9.26. The summed E-state index contributed by atoms with van der Waals surface area (Å²) in [6.07, 6.45) is 2.30. The maximum atomic E-state index is 13.5. The Morgan fingerprint density at radius 2 is 2.19 bits per heavy atom. The highest BCUT2D eigenvalue weighted by Gasteiger charge is 2.33. The minimum atomic E-state index is -2.99. The van der Waals surface area contributed by atoms with Gasteiger partial charge in [0.1, 0.15) is 5.82 Å². The Hall–Kier alpha value is -1.87. The number of thioether (sulfide) groups is 1. The number of halogens is 1. The largest absolute Gasteiger partial charge is 0.490 e. The van der Waals surface area contributed by atoms with Crippen LogP contribution in [-0.2, 0) is 16.4 Å². The van der Waals surface area contributed by atoms with Crippen LogP contribution in [0, 0.1) is 5.82 Å². The minimum Gasteiger partial charge on any atom is -0.490 e. The first-order valence-electron chi connectivity index (χ1n) is 8.24. The molecule has 0 N–H and O–H groups in total. The predicted octanol–water partition coefficient (Wildman–Crippen LogP) is 2.68. The van der Waals surface area contributed by atoms with Crippen molar-refractivity contribution in [2.75, 3.05) is 23.9 Å². The highest BCUT2D eigenvalue weighted by atomic mass is 32.2. The number of hydrogen-bond acceptors (Lipinski definition) is 6. The summed E-state index contributed by atoms with van der Waals surface area (Å²) in [7, 11) is -2.99. The lowest BCUT2D eigenvalue weighted by Crippen LogP contribution is -2.11. The summed E-state index contributed by atoms with van der Waals surface area (Å²) in [4.78, 5) is 0. The molecule has 1 saturated heterocycles. The van der Waals surface area contributed by atoms with E-state index in [1.165, 1.54) is 17.8 Å². The monoisotopic (exact) mass is 397 g/mol. The van der Waals surface area contributed by atoms with Crippen molar-refractivity contribution in [1.29, 1.82) is 0 Å². The van der Waals surface area contributed by atoms with Gasteiger partial charge in [-0.15, -0.1) is 16.8 Å². The maximum absolute atomic E-state index is 13.5. The molecule has 1 atom stereocenters. The fourth-order valence-corrected chi connectivity index (χ4v) is 5.37. The molecule has 3 rings (SSSR count). The summed E-state index contributed by atoms with van der Waals surface area (Å²) in [6, 6.07) is 6.26. The van der Waals surface area contributed by atoms with Crippen LogP contribution in [0.5, 0.6) is 5.75 Å². The molecule has 1 aliphatic rings. The van der Waals surface area contributed by atoms with Crippen molar-refractivity contribution in [2.45, 2.75) is 24.0 Å². The molecule has 0 saturated carbocycles. The fourth-order valence-electron chi connectivity index (χ4n) is 2.85. The van der Waals surface area contributed by atoms with Gasteiger partial charge < -0.3 is 9.30 Å². The summed E-state index contributed by atoms with van der Waals surface area (Å²) in [5.41, 5.74) is 0. The Labute approximate surface area is 156 Å². The SMILES string of the molecule is C=CCn1c(SCCOc2ccccc2F)nnc1[C@H]1CCS(=O)(=O)C1. The van der Waals surface area contributed by atoms with E-state index in [4.69, 9.17) is 4.74 Å². The molecule has 26 heavy (non-hydrogen) atoms. The van der Waals surface area contributed by atoms with Gasteiger partial charge in [-0.2, -0.15) is 0 Å². The number of rotatable bonds is 8. The van der Waals surface area contributed by atoms with E-state index in [1.807, 2.05) is 4.57 Å². The zero-order chi connectivity index (χ0) is 18.6. The molecule has 1 fully saturated rings. The minimum absolute atomic E-state index is 0.114. The van der Waals surface area contributed by atoms with Crippen molar-refractivity contribution in [3.8, 4) is 5.75 Å². The molecule has 0 bridgehead atoms. The van der Waals surface area contributed by atoms with Crippen LogP contribution in [0.1, 0.15) is 18.2 Å². The third-order valence-electron chi connectivity index (χ3n) is 4.06. The molecule has 2 aromatic rings. The van der Waals surface area contributed by atoms with Gasteiger partial charge >= 0.3 is 0 Å². The lowest BCUT2D eigenvalue weighted by atomic mass is 10.1. The molecule has 6 nitrogen and oxygen atoms in total. The molecular weight excluding hydrogens is 377 g/mol. The Morgan fingerprint density at radius 3 is 2.88 bits per heavy atom. The molecule has 0 aliphatic carbocycles. The van der Waals surface area contributed by atoms with Crippen LogP contribution in [0.2, 0.25) is 0 Å². The van der Waals surface area contributed by atoms with Gasteiger partial charge in [-0.1, -0.05) is 30.0 Å². The molecule has 0 radical (unpaired) electrons. The normalized spacial score (nSPS) is 18.7. The van der Waals surface area contributed by atoms with Gasteiger partial charge in [0, 0.05) is 18.2 Å². The van der Waals surface area contributed by atoms with Crippen LogP contribution in [0.4, 0.5) is 4.39 Å². The summed E-state index contributed by atoms with van der Waals surface area (Å²) in [5.74, 6) is 1.25. The summed E-state index contributed by atoms with van der Waals surface area (Å²) in [5, 5.41) is 9.09. The maximum Gasteiger partial charge on any atom is 0.191 e. The first-order chi connectivity index (χ1) is 12.5. The number of ether oxygens (including phenoxy) is 1. The van der Waals surface area contributed by atoms with E-state index < -0.39 is 15.7 Å². The molecule has 9 heteroatoms. The highest BCUT2D eigenvalue weighted by molar-refractivity contribution is 7.99. The molecule has 140 valence electrons. The molecule has 0 spiro atoms. The second kappa shape index (κ2) is 8.22. The van der Waals surface area contributed by atoms with Gasteiger partial charge in [-0.05, 0) is 18.6 Å². The van der Waals surface area contributed by atoms with E-state index in [1.54, 1.807) is 24.3 Å². The van der Waals surface area contributed by atoms with E-state index in [2.05, 4.69) is 16.8 Å². The third-order valence-corrected chi connectivity index (χ3v) is 6.76. The average molecular weight is 397 g/mol. The summed E-state index contributed by atoms with van der Waals surface area (Å²) < 4.78 is 44.3. The zero-order valence-corrected chi connectivity index (χ0v) is 15.8. The number of allylic oxidation sites excluding steroid dienone is 1. The lowest BCUT2D eigenvalue weighted by Gasteiger charge is -2.11. The van der Waals surface area contributed by atoms with Gasteiger partial charge in [0.15, 0.2) is 26.6 Å². The van der Waals surface area contributed by atoms with Crippen molar-refractivity contribution < 1.29 is 17.5 Å². The quantitative estimate of drug-likeness (QED) is 0.387. The number of para-hydroxylation sites is 1. The van der Waals surface area contributed by atoms with E-state index in [0.717, 1.165) is 0 Å². The number of sulfone groups is 1. The summed E-state index contributed by atoms with van der Waals surface area (Å²) in [6.45, 7) is 4.58. The van der Waals surface area contributed by atoms with Crippen molar-refractivity contribution in [2.24, 2.45) is 0 Å². The number of aromatic nitrogens is 3. The van der Waals surface area contributed by atoms with Gasteiger partial charge in [-0.3, -0.25) is 0 Å². The average Bonchev–Trinajstić information content (AvgIpc) is 3.16. The van der Waals surface area contributed by atoms with Crippen molar-refractivity contribution in [1.82, 2.24) is 14.8 Å². The lowest BCUT2D eigenvalue weighted by molar-refractivity contribution is 0.325. The molecule has 1 aromatic heterocycles. The van der Waals surface area contributed by atoms with E-state index in [0.29, 0.717) is 36.3 Å². The highest BCUT2D eigenvalue weighted by Crippen LogP contribution is 2.30. The first kappa shape index (κ1) is 18.9. The molecule has 0 amide bonds. The van der Waals surface area contributed by atoms with Crippen LogP contribution < -0.4 is 4.74 Å². The first-order valence-corrected chi connectivity index (χ1v) is 11.1. The van der Waals surface area contributed by atoms with E-state index >= 15 is 0 Å². The topological polar surface area (TPSA) is 74.1 Å². The molecule has 0 unspecified atom stereocenters. The van der Waals surface area contributed by atoms with Gasteiger partial charge in [0.2, 0.25) is 0 Å². The number of nitrogens with zero attached hydrogens (tertiary/aromatic N) is 3. The van der Waals surface area contributed by atoms with Gasteiger partial charge in [0.25, 0.3) is 0 Å². The number of hydrogen-bond donors (Lipinski definition) is 0. The Kier molecular flexibility index (Phi) is 5.98. The molecule has 1 aromatic carbocycles. The van der Waals surface area contributed by atoms with Gasteiger partial charge in [-0.25, -0.2) is 12.8 Å². The zero-order valence-electron chi connectivity index (χ0n) is 14.2.